The standard InChI is InChI=1S/C18H10N2.FH/c1-3-11-4-2-6-14-16(11)12(5-1)13-7-8-15-18(17(13)14)20-10-9-19-15;/h1-10H;1H. The number of fused-ring (bicyclic) bond motifs is 5. The van der Waals surface area contributed by atoms with Crippen molar-refractivity contribution in [1.29, 1.82) is 0 Å². The van der Waals surface area contributed by atoms with Crippen molar-refractivity contribution in [2.45, 2.75) is 0 Å². The summed E-state index contributed by atoms with van der Waals surface area (Å²) in [5, 5.41) is 2.62. The first-order valence-electron chi connectivity index (χ1n) is 6.70. The zero-order valence-electron chi connectivity index (χ0n) is 11.1. The van der Waals surface area contributed by atoms with Crippen LogP contribution in [-0.2, 0) is 0 Å². The summed E-state index contributed by atoms with van der Waals surface area (Å²) in [5.74, 6) is 0. The Kier molecular flexibility index (Phi) is 2.33. The molecule has 0 unspecified atom stereocenters. The molecule has 21 heavy (non-hydrogen) atoms. The SMILES string of the molecule is F.c1cc2c3c(cccc3c1)-c1c-2ccc2nccnc12. The summed E-state index contributed by atoms with van der Waals surface area (Å²) >= 11 is 0. The Hall–Kier alpha value is -2.81. The zero-order chi connectivity index (χ0) is 13.1. The van der Waals surface area contributed by atoms with Crippen LogP contribution < -0.4 is 0 Å². The molecular formula is C18H11FN2. The van der Waals surface area contributed by atoms with Crippen molar-refractivity contribution in [3.8, 4) is 22.3 Å². The van der Waals surface area contributed by atoms with E-state index in [4.69, 9.17) is 0 Å². The summed E-state index contributed by atoms with van der Waals surface area (Å²) in [4.78, 5) is 8.98. The maximum Gasteiger partial charge on any atom is 0.0971 e. The van der Waals surface area contributed by atoms with Gasteiger partial charge in [-0.05, 0) is 33.5 Å². The summed E-state index contributed by atoms with van der Waals surface area (Å²) in [6.45, 7) is 0. The van der Waals surface area contributed by atoms with E-state index in [0.29, 0.717) is 0 Å². The van der Waals surface area contributed by atoms with Crippen LogP contribution in [0.3, 0.4) is 0 Å². The summed E-state index contributed by atoms with van der Waals surface area (Å²) in [6, 6.07) is 17.2. The van der Waals surface area contributed by atoms with Gasteiger partial charge in [0.25, 0.3) is 0 Å². The number of nitrogens with zero attached hydrogens (tertiary/aromatic N) is 2. The summed E-state index contributed by atoms with van der Waals surface area (Å²) in [7, 11) is 0. The third kappa shape index (κ3) is 1.40. The predicted octanol–water partition coefficient (Wildman–Crippen LogP) is 4.58. The topological polar surface area (TPSA) is 25.8 Å². The molecule has 5 rings (SSSR count). The molecule has 3 heteroatoms. The summed E-state index contributed by atoms with van der Waals surface area (Å²) < 4.78 is 0. The highest BCUT2D eigenvalue weighted by Crippen LogP contribution is 2.48. The van der Waals surface area contributed by atoms with Crippen LogP contribution in [0.4, 0.5) is 4.70 Å². The second kappa shape index (κ2) is 4.09. The molecule has 0 spiro atoms. The van der Waals surface area contributed by atoms with Gasteiger partial charge in [-0.3, -0.25) is 14.7 Å². The van der Waals surface area contributed by atoms with Crippen LogP contribution in [-0.4, -0.2) is 9.97 Å². The molecule has 0 radical (unpaired) electrons. The van der Waals surface area contributed by atoms with Gasteiger partial charge in [-0.25, -0.2) is 0 Å². The molecule has 3 aromatic carbocycles. The van der Waals surface area contributed by atoms with Gasteiger partial charge in [-0.2, -0.15) is 0 Å². The van der Waals surface area contributed by atoms with Crippen LogP contribution >= 0.6 is 0 Å². The lowest BCUT2D eigenvalue weighted by molar-refractivity contribution is 1.11. The van der Waals surface area contributed by atoms with Crippen molar-refractivity contribution in [1.82, 2.24) is 9.97 Å². The lowest BCUT2D eigenvalue weighted by Gasteiger charge is -2.05. The van der Waals surface area contributed by atoms with E-state index in [1.54, 1.807) is 12.4 Å². The van der Waals surface area contributed by atoms with E-state index in [1.807, 2.05) is 0 Å². The first kappa shape index (κ1) is 12.0. The molecule has 0 atom stereocenters. The lowest BCUT2D eigenvalue weighted by Crippen LogP contribution is -1.86. The number of aromatic nitrogens is 2. The first-order chi connectivity index (χ1) is 9.93. The Balaban J connectivity index is 0.00000115. The predicted molar refractivity (Wildman–Crippen MR) is 84.0 cm³/mol. The van der Waals surface area contributed by atoms with Crippen LogP contribution in [0.2, 0.25) is 0 Å². The number of rotatable bonds is 0. The molecule has 100 valence electrons. The van der Waals surface area contributed by atoms with E-state index >= 15 is 0 Å². The molecule has 0 bridgehead atoms. The molecule has 0 saturated carbocycles. The third-order valence-electron chi connectivity index (χ3n) is 4.10. The Morgan fingerprint density at radius 2 is 1.43 bits per heavy atom. The van der Waals surface area contributed by atoms with E-state index in [2.05, 4.69) is 58.5 Å². The van der Waals surface area contributed by atoms with Crippen LogP contribution in [0.1, 0.15) is 0 Å². The smallest absolute Gasteiger partial charge is 0.0971 e. The minimum atomic E-state index is 0. The Labute approximate surface area is 120 Å². The maximum atomic E-state index is 4.56. The van der Waals surface area contributed by atoms with Crippen molar-refractivity contribution in [2.75, 3.05) is 0 Å². The van der Waals surface area contributed by atoms with Crippen molar-refractivity contribution in [3.05, 3.63) is 60.9 Å². The quantitative estimate of drug-likeness (QED) is 0.413. The molecule has 1 aliphatic carbocycles. The van der Waals surface area contributed by atoms with Gasteiger partial charge in [0, 0.05) is 18.0 Å². The first-order valence-corrected chi connectivity index (χ1v) is 6.70. The molecule has 0 saturated heterocycles. The molecule has 0 fully saturated rings. The number of hydrogen-bond donors (Lipinski definition) is 0. The number of hydrogen-bond acceptors (Lipinski definition) is 2. The van der Waals surface area contributed by atoms with Gasteiger partial charge in [0.1, 0.15) is 0 Å². The van der Waals surface area contributed by atoms with Crippen molar-refractivity contribution >= 4 is 21.8 Å². The summed E-state index contributed by atoms with van der Waals surface area (Å²) in [6.07, 6.45) is 3.52. The van der Waals surface area contributed by atoms with Gasteiger partial charge in [0.05, 0.1) is 11.0 Å². The normalized spacial score (nSPS) is 11.4. The fourth-order valence-electron chi connectivity index (χ4n) is 3.31. The molecule has 0 aliphatic heterocycles. The van der Waals surface area contributed by atoms with Gasteiger partial charge < -0.3 is 0 Å². The van der Waals surface area contributed by atoms with Gasteiger partial charge in [-0.1, -0.05) is 42.5 Å². The molecule has 1 heterocycles. The van der Waals surface area contributed by atoms with Crippen molar-refractivity contribution in [2.24, 2.45) is 0 Å². The van der Waals surface area contributed by atoms with Gasteiger partial charge in [0.2, 0.25) is 0 Å². The third-order valence-corrected chi connectivity index (χ3v) is 4.10. The molecule has 2 nitrogen and oxygen atoms in total. The van der Waals surface area contributed by atoms with Crippen molar-refractivity contribution < 1.29 is 4.70 Å². The summed E-state index contributed by atoms with van der Waals surface area (Å²) in [5.41, 5.74) is 7.02. The van der Waals surface area contributed by atoms with Crippen LogP contribution in [0, 0.1) is 0 Å². The molecule has 1 aromatic heterocycles. The molecule has 0 N–H and O–H groups in total. The van der Waals surface area contributed by atoms with E-state index in [9.17, 15) is 0 Å². The Morgan fingerprint density at radius 3 is 2.29 bits per heavy atom. The molecular weight excluding hydrogens is 263 g/mol. The molecule has 1 aliphatic rings. The average molecular weight is 274 g/mol. The van der Waals surface area contributed by atoms with E-state index in [0.717, 1.165) is 11.0 Å². The fraction of sp³-hybridized carbons (Fsp3) is 0. The van der Waals surface area contributed by atoms with E-state index in [-0.39, 0.29) is 4.70 Å². The maximum absolute atomic E-state index is 4.56. The Bertz CT molecular complexity index is 1000. The highest BCUT2D eigenvalue weighted by molar-refractivity contribution is 6.19. The molecule has 0 amide bonds. The minimum Gasteiger partial charge on any atom is -0.269 e. The number of benzene rings is 3. The lowest BCUT2D eigenvalue weighted by atomic mass is 10.0. The zero-order valence-corrected chi connectivity index (χ0v) is 11.1. The second-order valence-corrected chi connectivity index (χ2v) is 5.12. The Morgan fingerprint density at radius 1 is 0.667 bits per heavy atom. The monoisotopic (exact) mass is 274 g/mol. The highest BCUT2D eigenvalue weighted by atomic mass is 19.0. The van der Waals surface area contributed by atoms with Gasteiger partial charge >= 0.3 is 0 Å². The average Bonchev–Trinajstić information content (AvgIpc) is 2.85. The largest absolute Gasteiger partial charge is 0.269 e. The van der Waals surface area contributed by atoms with E-state index in [1.165, 1.54) is 33.0 Å². The van der Waals surface area contributed by atoms with Crippen LogP contribution in [0.15, 0.2) is 60.9 Å². The number of halogens is 1. The van der Waals surface area contributed by atoms with Gasteiger partial charge in [0.15, 0.2) is 0 Å². The minimum absolute atomic E-state index is 0. The van der Waals surface area contributed by atoms with Gasteiger partial charge in [-0.15, -0.1) is 0 Å². The molecule has 4 aromatic rings. The highest BCUT2D eigenvalue weighted by Gasteiger charge is 2.23. The fourth-order valence-corrected chi connectivity index (χ4v) is 3.31. The van der Waals surface area contributed by atoms with E-state index < -0.39 is 0 Å². The van der Waals surface area contributed by atoms with Crippen molar-refractivity contribution in [3.63, 3.8) is 0 Å². The second-order valence-electron chi connectivity index (χ2n) is 5.12. The van der Waals surface area contributed by atoms with Crippen LogP contribution in [0.5, 0.6) is 0 Å². The van der Waals surface area contributed by atoms with Crippen LogP contribution in [0.25, 0.3) is 44.1 Å².